The summed E-state index contributed by atoms with van der Waals surface area (Å²) in [6, 6.07) is 6.16. The highest BCUT2D eigenvalue weighted by molar-refractivity contribution is 7.12. The Kier molecular flexibility index (Phi) is 3.59. The molecule has 0 atom stereocenters. The van der Waals surface area contributed by atoms with Crippen LogP contribution in [0.5, 0.6) is 5.75 Å². The van der Waals surface area contributed by atoms with Crippen molar-refractivity contribution in [3.8, 4) is 5.75 Å². The smallest absolute Gasteiger partial charge is 0.356 e. The van der Waals surface area contributed by atoms with Crippen LogP contribution in [0.2, 0.25) is 5.02 Å². The van der Waals surface area contributed by atoms with Crippen molar-refractivity contribution in [3.63, 3.8) is 0 Å². The van der Waals surface area contributed by atoms with Gasteiger partial charge in [0, 0.05) is 5.02 Å². The molecule has 18 heavy (non-hydrogen) atoms. The summed E-state index contributed by atoms with van der Waals surface area (Å²) in [5, 5.41) is 9.34. The minimum atomic E-state index is -1.26. The van der Waals surface area contributed by atoms with Crippen LogP contribution in [0, 0.1) is 0 Å². The highest BCUT2D eigenvalue weighted by Crippen LogP contribution is 2.19. The minimum Gasteiger partial charge on any atom is -0.476 e. The largest absolute Gasteiger partial charge is 0.476 e. The number of aromatic nitrogens is 1. The number of aromatic carboxylic acids is 1. The lowest BCUT2D eigenvalue weighted by Gasteiger charge is -2.02. The topological polar surface area (TPSA) is 76.5 Å². The number of carboxylic acid groups (broad SMARTS) is 1. The van der Waals surface area contributed by atoms with E-state index < -0.39 is 11.9 Å². The molecule has 0 aliphatic carbocycles. The first-order valence-corrected chi connectivity index (χ1v) is 5.98. The van der Waals surface area contributed by atoms with Crippen LogP contribution in [-0.4, -0.2) is 22.0 Å². The molecule has 0 fully saturated rings. The summed E-state index contributed by atoms with van der Waals surface area (Å²) in [6.45, 7) is 0. The molecule has 0 amide bonds. The van der Waals surface area contributed by atoms with Gasteiger partial charge in [-0.15, -0.1) is 11.3 Å². The molecule has 0 spiro atoms. The number of hydrogen-bond donors (Lipinski definition) is 1. The van der Waals surface area contributed by atoms with Gasteiger partial charge in [0.25, 0.3) is 0 Å². The van der Waals surface area contributed by atoms with Crippen molar-refractivity contribution in [2.24, 2.45) is 0 Å². The number of ether oxygens (including phenoxy) is 1. The normalized spacial score (nSPS) is 10.1. The molecule has 0 saturated heterocycles. The Hall–Kier alpha value is -1.92. The maximum absolute atomic E-state index is 11.7. The highest BCUT2D eigenvalue weighted by atomic mass is 35.5. The molecule has 1 aromatic carbocycles. The minimum absolute atomic E-state index is 0.0440. The lowest BCUT2D eigenvalue weighted by atomic mass is 10.3. The number of hydrogen-bond acceptors (Lipinski definition) is 5. The van der Waals surface area contributed by atoms with E-state index in [0.717, 1.165) is 11.3 Å². The van der Waals surface area contributed by atoms with Crippen molar-refractivity contribution in [2.45, 2.75) is 0 Å². The van der Waals surface area contributed by atoms with E-state index in [1.807, 2.05) is 0 Å². The predicted octanol–water partition coefficient (Wildman–Crippen LogP) is 2.71. The van der Waals surface area contributed by atoms with Gasteiger partial charge in [0.05, 0.1) is 5.51 Å². The van der Waals surface area contributed by atoms with Gasteiger partial charge in [-0.2, -0.15) is 0 Å². The van der Waals surface area contributed by atoms with Crippen molar-refractivity contribution in [2.75, 3.05) is 0 Å². The van der Waals surface area contributed by atoms with Crippen LogP contribution in [-0.2, 0) is 0 Å². The standard InChI is InChI=1S/C11H6ClNO4S/c12-6-1-3-7(4-2-6)17-11(16)9-8(10(14)15)13-5-18-9/h1-5H,(H,14,15). The second-order valence-corrected chi connectivity index (χ2v) is 4.47. The second-order valence-electron chi connectivity index (χ2n) is 3.18. The zero-order valence-corrected chi connectivity index (χ0v) is 10.4. The lowest BCUT2D eigenvalue weighted by molar-refractivity contribution is 0.0665. The summed E-state index contributed by atoms with van der Waals surface area (Å²) in [6.07, 6.45) is 0. The third-order valence-corrected chi connectivity index (χ3v) is 3.04. The molecule has 2 aromatic rings. The van der Waals surface area contributed by atoms with Crippen LogP contribution in [0.25, 0.3) is 0 Å². The van der Waals surface area contributed by atoms with Gasteiger partial charge in [-0.3, -0.25) is 0 Å². The number of nitrogens with zero attached hydrogens (tertiary/aromatic N) is 1. The molecular formula is C11H6ClNO4S. The molecule has 0 radical (unpaired) electrons. The fourth-order valence-electron chi connectivity index (χ4n) is 1.20. The Balaban J connectivity index is 2.19. The van der Waals surface area contributed by atoms with E-state index in [4.69, 9.17) is 21.4 Å². The third kappa shape index (κ3) is 2.66. The van der Waals surface area contributed by atoms with E-state index in [-0.39, 0.29) is 16.3 Å². The van der Waals surface area contributed by atoms with E-state index in [0.29, 0.717) is 5.02 Å². The van der Waals surface area contributed by atoms with Gasteiger partial charge in [0.2, 0.25) is 0 Å². The van der Waals surface area contributed by atoms with Gasteiger partial charge in [0.1, 0.15) is 10.6 Å². The maximum Gasteiger partial charge on any atom is 0.356 e. The number of thiazole rings is 1. The van der Waals surface area contributed by atoms with Crippen LogP contribution in [0.3, 0.4) is 0 Å². The average molecular weight is 284 g/mol. The first kappa shape index (κ1) is 12.5. The van der Waals surface area contributed by atoms with Crippen LogP contribution in [0.15, 0.2) is 29.8 Å². The fraction of sp³-hybridized carbons (Fsp3) is 0. The van der Waals surface area contributed by atoms with Crippen molar-refractivity contribution in [1.29, 1.82) is 0 Å². The van der Waals surface area contributed by atoms with Gasteiger partial charge in [-0.25, -0.2) is 14.6 Å². The first-order valence-electron chi connectivity index (χ1n) is 4.72. The zero-order valence-electron chi connectivity index (χ0n) is 8.79. The number of carbonyl (C=O) groups is 2. The quantitative estimate of drug-likeness (QED) is 0.692. The van der Waals surface area contributed by atoms with E-state index in [2.05, 4.69) is 4.98 Å². The Morgan fingerprint density at radius 2 is 1.94 bits per heavy atom. The number of halogens is 1. The zero-order chi connectivity index (χ0) is 13.1. The van der Waals surface area contributed by atoms with Crippen molar-refractivity contribution >= 4 is 34.9 Å². The average Bonchev–Trinajstić information content (AvgIpc) is 2.81. The van der Waals surface area contributed by atoms with Crippen LogP contribution in [0.4, 0.5) is 0 Å². The van der Waals surface area contributed by atoms with Crippen molar-refractivity contribution < 1.29 is 19.4 Å². The molecule has 92 valence electrons. The number of carbonyl (C=O) groups excluding carboxylic acids is 1. The Labute approximate surface area is 111 Å². The predicted molar refractivity (Wildman–Crippen MR) is 65.5 cm³/mol. The van der Waals surface area contributed by atoms with Gasteiger partial charge in [0.15, 0.2) is 5.69 Å². The molecule has 1 aromatic heterocycles. The monoisotopic (exact) mass is 283 g/mol. The van der Waals surface area contributed by atoms with E-state index in [9.17, 15) is 9.59 Å². The molecular weight excluding hydrogens is 278 g/mol. The number of rotatable bonds is 3. The van der Waals surface area contributed by atoms with Crippen LogP contribution >= 0.6 is 22.9 Å². The highest BCUT2D eigenvalue weighted by Gasteiger charge is 2.21. The molecule has 2 rings (SSSR count). The Morgan fingerprint density at radius 3 is 2.56 bits per heavy atom. The SMILES string of the molecule is O=C(O)c1ncsc1C(=O)Oc1ccc(Cl)cc1. The first-order chi connectivity index (χ1) is 8.58. The summed E-state index contributed by atoms with van der Waals surface area (Å²) < 4.78 is 5.01. The summed E-state index contributed by atoms with van der Waals surface area (Å²) in [5.74, 6) is -1.73. The van der Waals surface area contributed by atoms with E-state index >= 15 is 0 Å². The van der Waals surface area contributed by atoms with E-state index in [1.165, 1.54) is 17.6 Å². The summed E-state index contributed by atoms with van der Waals surface area (Å²) >= 11 is 6.60. The van der Waals surface area contributed by atoms with Crippen LogP contribution in [0.1, 0.15) is 20.2 Å². The molecule has 5 nitrogen and oxygen atoms in total. The van der Waals surface area contributed by atoms with Crippen molar-refractivity contribution in [3.05, 3.63) is 45.4 Å². The fourth-order valence-corrected chi connectivity index (χ4v) is 1.98. The Bertz CT molecular complexity index is 593. The molecule has 0 aliphatic rings. The number of carboxylic acids is 1. The van der Waals surface area contributed by atoms with Gasteiger partial charge in [-0.05, 0) is 24.3 Å². The van der Waals surface area contributed by atoms with Gasteiger partial charge >= 0.3 is 11.9 Å². The molecule has 1 N–H and O–H groups in total. The van der Waals surface area contributed by atoms with Crippen LogP contribution < -0.4 is 4.74 Å². The molecule has 0 bridgehead atoms. The summed E-state index contributed by atoms with van der Waals surface area (Å²) in [7, 11) is 0. The summed E-state index contributed by atoms with van der Waals surface area (Å²) in [5.41, 5.74) is 0.973. The second kappa shape index (κ2) is 5.16. The molecule has 0 aliphatic heterocycles. The number of esters is 1. The summed E-state index contributed by atoms with van der Waals surface area (Å²) in [4.78, 5) is 26.1. The maximum atomic E-state index is 11.7. The van der Waals surface area contributed by atoms with Gasteiger partial charge in [-0.1, -0.05) is 11.6 Å². The molecule has 7 heteroatoms. The van der Waals surface area contributed by atoms with E-state index in [1.54, 1.807) is 12.1 Å². The number of benzene rings is 1. The third-order valence-electron chi connectivity index (χ3n) is 1.98. The van der Waals surface area contributed by atoms with Gasteiger partial charge < -0.3 is 9.84 Å². The lowest BCUT2D eigenvalue weighted by Crippen LogP contribution is -2.12. The molecule has 0 saturated carbocycles. The Morgan fingerprint density at radius 1 is 1.28 bits per heavy atom. The molecule has 1 heterocycles. The van der Waals surface area contributed by atoms with Crippen molar-refractivity contribution in [1.82, 2.24) is 4.98 Å². The molecule has 0 unspecified atom stereocenters.